The molecule has 1 aliphatic heterocycles. The lowest BCUT2D eigenvalue weighted by Crippen LogP contribution is -2.57. The van der Waals surface area contributed by atoms with Crippen LogP contribution in [0.15, 0.2) is 22.2 Å². The molecule has 0 unspecified atom stereocenters. The third-order valence-electron chi connectivity index (χ3n) is 3.64. The second-order valence-corrected chi connectivity index (χ2v) is 7.20. The largest absolute Gasteiger partial charge is 0.314 e. The molecule has 3 nitrogen and oxygen atoms in total. The van der Waals surface area contributed by atoms with Crippen molar-refractivity contribution in [1.82, 2.24) is 15.2 Å². The summed E-state index contributed by atoms with van der Waals surface area (Å²) in [5.74, 6) is 0. The quantitative estimate of drug-likeness (QED) is 0.943. The van der Waals surface area contributed by atoms with Crippen LogP contribution in [0.1, 0.15) is 19.5 Å². The maximum absolute atomic E-state index is 4.78. The van der Waals surface area contributed by atoms with Gasteiger partial charge < -0.3 is 5.32 Å². The van der Waals surface area contributed by atoms with E-state index in [1.54, 1.807) is 22.7 Å². The highest BCUT2D eigenvalue weighted by atomic mass is 32.1. The molecule has 3 rings (SSSR count). The lowest BCUT2D eigenvalue weighted by atomic mass is 10.00. The van der Waals surface area contributed by atoms with E-state index in [4.69, 9.17) is 4.98 Å². The third-order valence-corrected chi connectivity index (χ3v) is 5.27. The molecule has 19 heavy (non-hydrogen) atoms. The molecule has 0 atom stereocenters. The van der Waals surface area contributed by atoms with Crippen LogP contribution in [0.4, 0.5) is 0 Å². The average molecular weight is 293 g/mol. The fraction of sp³-hybridized carbons (Fsp3) is 0.500. The average Bonchev–Trinajstić information content (AvgIpc) is 3.02. The summed E-state index contributed by atoms with van der Waals surface area (Å²) in [6, 6.07) is 2.14. The van der Waals surface area contributed by atoms with Crippen LogP contribution in [0.5, 0.6) is 0 Å². The Morgan fingerprint density at radius 1 is 1.42 bits per heavy atom. The molecule has 2 aromatic rings. The molecule has 0 aliphatic carbocycles. The highest BCUT2D eigenvalue weighted by Crippen LogP contribution is 2.27. The molecular weight excluding hydrogens is 274 g/mol. The Bertz CT molecular complexity index is 531. The van der Waals surface area contributed by atoms with Gasteiger partial charge in [-0.25, -0.2) is 4.98 Å². The van der Waals surface area contributed by atoms with Crippen molar-refractivity contribution in [2.24, 2.45) is 0 Å². The fourth-order valence-electron chi connectivity index (χ4n) is 2.41. The first-order valence-corrected chi connectivity index (χ1v) is 8.40. The summed E-state index contributed by atoms with van der Waals surface area (Å²) >= 11 is 3.48. The molecule has 0 aromatic carbocycles. The second kappa shape index (κ2) is 5.32. The van der Waals surface area contributed by atoms with E-state index in [0.29, 0.717) is 0 Å². The van der Waals surface area contributed by atoms with Crippen molar-refractivity contribution in [3.63, 3.8) is 0 Å². The van der Waals surface area contributed by atoms with Crippen LogP contribution in [0.3, 0.4) is 0 Å². The molecule has 1 saturated heterocycles. The molecule has 0 amide bonds. The number of rotatable bonds is 3. The maximum atomic E-state index is 4.78. The van der Waals surface area contributed by atoms with Gasteiger partial charge in [0.25, 0.3) is 0 Å². The minimum Gasteiger partial charge on any atom is -0.314 e. The Morgan fingerprint density at radius 3 is 3.05 bits per heavy atom. The van der Waals surface area contributed by atoms with Gasteiger partial charge in [0.15, 0.2) is 0 Å². The first kappa shape index (κ1) is 13.2. The zero-order valence-electron chi connectivity index (χ0n) is 11.3. The van der Waals surface area contributed by atoms with Crippen LogP contribution in [-0.4, -0.2) is 35.1 Å². The van der Waals surface area contributed by atoms with Crippen molar-refractivity contribution < 1.29 is 0 Å². The van der Waals surface area contributed by atoms with Gasteiger partial charge in [-0.3, -0.25) is 4.90 Å². The number of thiophene rings is 1. The molecule has 0 saturated carbocycles. The normalized spacial score (nSPS) is 19.7. The molecule has 1 N–H and O–H groups in total. The minimum atomic E-state index is 0.213. The van der Waals surface area contributed by atoms with Crippen LogP contribution in [0.2, 0.25) is 0 Å². The van der Waals surface area contributed by atoms with Gasteiger partial charge in [-0.2, -0.15) is 11.3 Å². The first-order chi connectivity index (χ1) is 9.15. The Hall–Kier alpha value is -0.750. The Kier molecular flexibility index (Phi) is 3.71. The zero-order chi connectivity index (χ0) is 13.3. The summed E-state index contributed by atoms with van der Waals surface area (Å²) in [5.41, 5.74) is 2.66. The molecule has 1 fully saturated rings. The monoisotopic (exact) mass is 293 g/mol. The van der Waals surface area contributed by atoms with Crippen molar-refractivity contribution in [2.45, 2.75) is 25.9 Å². The first-order valence-electron chi connectivity index (χ1n) is 6.58. The van der Waals surface area contributed by atoms with Crippen LogP contribution in [0.25, 0.3) is 10.6 Å². The van der Waals surface area contributed by atoms with Crippen molar-refractivity contribution in [3.8, 4) is 10.6 Å². The van der Waals surface area contributed by atoms with Crippen molar-refractivity contribution >= 4 is 22.7 Å². The summed E-state index contributed by atoms with van der Waals surface area (Å²) in [5, 5.41) is 11.1. The van der Waals surface area contributed by atoms with Gasteiger partial charge >= 0.3 is 0 Å². The highest BCUT2D eigenvalue weighted by molar-refractivity contribution is 7.14. The minimum absolute atomic E-state index is 0.213. The van der Waals surface area contributed by atoms with Gasteiger partial charge in [0.05, 0.1) is 5.69 Å². The summed E-state index contributed by atoms with van der Waals surface area (Å²) in [7, 11) is 0. The summed E-state index contributed by atoms with van der Waals surface area (Å²) in [6.07, 6.45) is 0. The van der Waals surface area contributed by atoms with E-state index in [-0.39, 0.29) is 5.54 Å². The van der Waals surface area contributed by atoms with E-state index in [9.17, 15) is 0 Å². The van der Waals surface area contributed by atoms with E-state index < -0.39 is 0 Å². The molecule has 0 radical (unpaired) electrons. The predicted molar refractivity (Wildman–Crippen MR) is 82.8 cm³/mol. The molecule has 3 heterocycles. The van der Waals surface area contributed by atoms with Gasteiger partial charge in [-0.05, 0) is 25.3 Å². The van der Waals surface area contributed by atoms with Crippen molar-refractivity contribution in [1.29, 1.82) is 0 Å². The molecule has 2 aromatic heterocycles. The van der Waals surface area contributed by atoms with Crippen LogP contribution < -0.4 is 5.32 Å². The molecule has 102 valence electrons. The van der Waals surface area contributed by atoms with Crippen molar-refractivity contribution in [3.05, 3.63) is 27.9 Å². The van der Waals surface area contributed by atoms with E-state index in [1.165, 1.54) is 11.3 Å². The molecule has 5 heteroatoms. The number of piperazine rings is 1. The topological polar surface area (TPSA) is 28.2 Å². The smallest absolute Gasteiger partial charge is 0.124 e. The van der Waals surface area contributed by atoms with Gasteiger partial charge in [0.2, 0.25) is 0 Å². The lowest BCUT2D eigenvalue weighted by Gasteiger charge is -2.42. The summed E-state index contributed by atoms with van der Waals surface area (Å²) in [6.45, 7) is 8.77. The van der Waals surface area contributed by atoms with Gasteiger partial charge in [0.1, 0.15) is 5.01 Å². The number of aromatic nitrogens is 1. The molecular formula is C14H19N3S2. The third kappa shape index (κ3) is 2.89. The molecule has 1 aliphatic rings. The maximum Gasteiger partial charge on any atom is 0.124 e. The molecule has 0 spiro atoms. The van der Waals surface area contributed by atoms with Gasteiger partial charge in [-0.1, -0.05) is 0 Å². The predicted octanol–water partition coefficient (Wildman–Crippen LogP) is 3.06. The Morgan fingerprint density at radius 2 is 2.32 bits per heavy atom. The zero-order valence-corrected chi connectivity index (χ0v) is 13.0. The Balaban J connectivity index is 1.73. The van der Waals surface area contributed by atoms with Gasteiger partial charge in [0, 0.05) is 48.0 Å². The lowest BCUT2D eigenvalue weighted by molar-refractivity contribution is 0.0816. The second-order valence-electron chi connectivity index (χ2n) is 5.57. The summed E-state index contributed by atoms with van der Waals surface area (Å²) in [4.78, 5) is 7.30. The van der Waals surface area contributed by atoms with E-state index in [0.717, 1.165) is 31.2 Å². The molecule has 0 bridgehead atoms. The van der Waals surface area contributed by atoms with Crippen LogP contribution in [-0.2, 0) is 6.54 Å². The number of nitrogens with one attached hydrogen (secondary N) is 1. The number of hydrogen-bond donors (Lipinski definition) is 1. The fourth-order valence-corrected chi connectivity index (χ4v) is 3.93. The SMILES string of the molecule is CC1(C)CNCCN1Cc1csc(-c2ccsc2)n1. The van der Waals surface area contributed by atoms with Crippen LogP contribution >= 0.6 is 22.7 Å². The highest BCUT2D eigenvalue weighted by Gasteiger charge is 2.29. The van der Waals surface area contributed by atoms with E-state index in [1.807, 2.05) is 0 Å². The van der Waals surface area contributed by atoms with E-state index >= 15 is 0 Å². The van der Waals surface area contributed by atoms with Crippen LogP contribution in [0, 0.1) is 0 Å². The van der Waals surface area contributed by atoms with Crippen molar-refractivity contribution in [2.75, 3.05) is 19.6 Å². The Labute approximate surface area is 122 Å². The number of thiazole rings is 1. The van der Waals surface area contributed by atoms with E-state index in [2.05, 4.69) is 46.3 Å². The summed E-state index contributed by atoms with van der Waals surface area (Å²) < 4.78 is 0. The standard InChI is InChI=1S/C14H19N3S2/c1-14(2)10-15-4-5-17(14)7-12-9-19-13(16-12)11-3-6-18-8-11/h3,6,8-9,15H,4-5,7,10H2,1-2H3. The van der Waals surface area contributed by atoms with Gasteiger partial charge in [-0.15, -0.1) is 11.3 Å². The number of hydrogen-bond acceptors (Lipinski definition) is 5. The number of nitrogens with zero attached hydrogens (tertiary/aromatic N) is 2.